The fourth-order valence-corrected chi connectivity index (χ4v) is 2.31. The van der Waals surface area contributed by atoms with Crippen molar-refractivity contribution >= 4 is 17.7 Å². The summed E-state index contributed by atoms with van der Waals surface area (Å²) < 4.78 is 9.86. The highest BCUT2D eigenvalue weighted by atomic mass is 16.5. The summed E-state index contributed by atoms with van der Waals surface area (Å²) in [5.41, 5.74) is -1.09. The zero-order valence-corrected chi connectivity index (χ0v) is 11.0. The molecule has 5 nitrogen and oxygen atoms in total. The number of rotatable bonds is 5. The lowest BCUT2D eigenvalue weighted by atomic mass is 9.71. The van der Waals surface area contributed by atoms with E-state index < -0.39 is 17.4 Å². The van der Waals surface area contributed by atoms with E-state index in [9.17, 15) is 14.4 Å². The van der Waals surface area contributed by atoms with Gasteiger partial charge in [0.25, 0.3) is 0 Å². The number of ether oxygens (including phenoxy) is 2. The minimum Gasteiger partial charge on any atom is -0.466 e. The average Bonchev–Trinajstić information content (AvgIpc) is 2.31. The molecule has 0 aliphatic heterocycles. The zero-order valence-electron chi connectivity index (χ0n) is 11.0. The largest absolute Gasteiger partial charge is 0.466 e. The molecule has 1 atom stereocenters. The summed E-state index contributed by atoms with van der Waals surface area (Å²) in [6.45, 7) is 3.35. The normalized spacial score (nSPS) is 23.6. The van der Waals surface area contributed by atoms with Gasteiger partial charge in [-0.1, -0.05) is 6.42 Å². The molecule has 0 saturated heterocycles. The van der Waals surface area contributed by atoms with Crippen LogP contribution in [0.1, 0.15) is 46.0 Å². The standard InChI is InChI=1S/C13H20O5/c1-3-17-12(16)13(8-9-18-10(2)14)7-5-4-6-11(13)15/h3-9H2,1-2H3. The molecular weight excluding hydrogens is 236 g/mol. The first-order valence-corrected chi connectivity index (χ1v) is 6.37. The highest BCUT2D eigenvalue weighted by Crippen LogP contribution is 2.37. The topological polar surface area (TPSA) is 69.7 Å². The minimum absolute atomic E-state index is 0.0832. The number of hydrogen-bond donors (Lipinski definition) is 0. The van der Waals surface area contributed by atoms with Crippen LogP contribution >= 0.6 is 0 Å². The van der Waals surface area contributed by atoms with Crippen molar-refractivity contribution < 1.29 is 23.9 Å². The Balaban J connectivity index is 2.76. The maximum absolute atomic E-state index is 12.1. The van der Waals surface area contributed by atoms with Crippen molar-refractivity contribution in [3.05, 3.63) is 0 Å². The van der Waals surface area contributed by atoms with Gasteiger partial charge < -0.3 is 9.47 Å². The second kappa shape index (κ2) is 6.52. The lowest BCUT2D eigenvalue weighted by Gasteiger charge is -2.33. The van der Waals surface area contributed by atoms with Crippen LogP contribution in [0.5, 0.6) is 0 Å². The summed E-state index contributed by atoms with van der Waals surface area (Å²) in [7, 11) is 0. The number of esters is 2. The molecule has 1 aliphatic carbocycles. The van der Waals surface area contributed by atoms with Crippen molar-refractivity contribution in [1.82, 2.24) is 0 Å². The van der Waals surface area contributed by atoms with E-state index in [1.165, 1.54) is 6.92 Å². The van der Waals surface area contributed by atoms with Gasteiger partial charge >= 0.3 is 11.9 Å². The molecule has 0 aromatic rings. The van der Waals surface area contributed by atoms with Crippen LogP contribution in [-0.4, -0.2) is 30.9 Å². The van der Waals surface area contributed by atoms with Crippen molar-refractivity contribution in [2.45, 2.75) is 46.0 Å². The monoisotopic (exact) mass is 256 g/mol. The van der Waals surface area contributed by atoms with E-state index in [0.29, 0.717) is 12.8 Å². The van der Waals surface area contributed by atoms with Crippen molar-refractivity contribution in [2.24, 2.45) is 5.41 Å². The Hall–Kier alpha value is -1.39. The molecule has 0 amide bonds. The number of ketones is 1. The van der Waals surface area contributed by atoms with Crippen LogP contribution in [0.25, 0.3) is 0 Å². The van der Waals surface area contributed by atoms with E-state index in [1.807, 2.05) is 0 Å². The number of carbonyl (C=O) groups is 3. The van der Waals surface area contributed by atoms with Gasteiger partial charge in [0.05, 0.1) is 13.2 Å². The Kier molecular flexibility index (Phi) is 5.31. The molecule has 0 bridgehead atoms. The average molecular weight is 256 g/mol. The molecule has 18 heavy (non-hydrogen) atoms. The van der Waals surface area contributed by atoms with Gasteiger partial charge in [0.15, 0.2) is 0 Å². The quantitative estimate of drug-likeness (QED) is 0.552. The third-order valence-corrected chi connectivity index (χ3v) is 3.29. The number of hydrogen-bond acceptors (Lipinski definition) is 5. The van der Waals surface area contributed by atoms with Gasteiger partial charge in [-0.3, -0.25) is 14.4 Å². The summed E-state index contributed by atoms with van der Waals surface area (Å²) in [5.74, 6) is -0.960. The second-order valence-corrected chi connectivity index (χ2v) is 4.52. The maximum atomic E-state index is 12.1. The molecule has 0 N–H and O–H groups in total. The first-order chi connectivity index (χ1) is 8.53. The molecule has 0 aromatic heterocycles. The van der Waals surface area contributed by atoms with E-state index in [-0.39, 0.29) is 25.4 Å². The van der Waals surface area contributed by atoms with Crippen LogP contribution in [0.2, 0.25) is 0 Å². The molecule has 102 valence electrons. The van der Waals surface area contributed by atoms with Crippen molar-refractivity contribution in [3.8, 4) is 0 Å². The van der Waals surface area contributed by atoms with Crippen molar-refractivity contribution in [3.63, 3.8) is 0 Å². The van der Waals surface area contributed by atoms with Gasteiger partial charge in [-0.2, -0.15) is 0 Å². The van der Waals surface area contributed by atoms with E-state index in [4.69, 9.17) is 9.47 Å². The molecule has 1 unspecified atom stereocenters. The lowest BCUT2D eigenvalue weighted by molar-refractivity contribution is -0.165. The lowest BCUT2D eigenvalue weighted by Crippen LogP contribution is -2.43. The minimum atomic E-state index is -1.09. The third kappa shape index (κ3) is 3.31. The van der Waals surface area contributed by atoms with Gasteiger partial charge in [-0.15, -0.1) is 0 Å². The highest BCUT2D eigenvalue weighted by molar-refractivity contribution is 6.04. The highest BCUT2D eigenvalue weighted by Gasteiger charge is 2.47. The van der Waals surface area contributed by atoms with E-state index in [1.54, 1.807) is 6.92 Å². The summed E-state index contributed by atoms with van der Waals surface area (Å²) in [6.07, 6.45) is 2.76. The van der Waals surface area contributed by atoms with E-state index >= 15 is 0 Å². The predicted molar refractivity (Wildman–Crippen MR) is 63.8 cm³/mol. The molecule has 1 aliphatic rings. The van der Waals surface area contributed by atoms with Crippen molar-refractivity contribution in [1.29, 1.82) is 0 Å². The van der Waals surface area contributed by atoms with E-state index in [2.05, 4.69) is 0 Å². The van der Waals surface area contributed by atoms with E-state index in [0.717, 1.165) is 12.8 Å². The van der Waals surface area contributed by atoms with Gasteiger partial charge in [0.1, 0.15) is 11.2 Å². The Morgan fingerprint density at radius 2 is 2.00 bits per heavy atom. The van der Waals surface area contributed by atoms with Crippen LogP contribution in [-0.2, 0) is 23.9 Å². The molecule has 0 heterocycles. The Morgan fingerprint density at radius 1 is 1.28 bits per heavy atom. The molecule has 1 fully saturated rings. The SMILES string of the molecule is CCOC(=O)C1(CCOC(C)=O)CCCCC1=O. The van der Waals surface area contributed by atoms with Crippen LogP contribution < -0.4 is 0 Å². The molecule has 5 heteroatoms. The summed E-state index contributed by atoms with van der Waals surface area (Å²) in [6, 6.07) is 0. The molecule has 0 radical (unpaired) electrons. The van der Waals surface area contributed by atoms with Gasteiger partial charge in [-0.25, -0.2) is 0 Å². The third-order valence-electron chi connectivity index (χ3n) is 3.29. The van der Waals surface area contributed by atoms with Gasteiger partial charge in [0, 0.05) is 19.8 Å². The second-order valence-electron chi connectivity index (χ2n) is 4.52. The molecule has 0 spiro atoms. The fourth-order valence-electron chi connectivity index (χ4n) is 2.31. The fraction of sp³-hybridized carbons (Fsp3) is 0.769. The van der Waals surface area contributed by atoms with Crippen LogP contribution in [0.4, 0.5) is 0 Å². The smallest absolute Gasteiger partial charge is 0.319 e. The van der Waals surface area contributed by atoms with Crippen LogP contribution in [0, 0.1) is 5.41 Å². The van der Waals surface area contributed by atoms with Gasteiger partial charge in [-0.05, 0) is 19.8 Å². The van der Waals surface area contributed by atoms with Crippen LogP contribution in [0.15, 0.2) is 0 Å². The predicted octanol–water partition coefficient (Wildman–Crippen LogP) is 1.63. The van der Waals surface area contributed by atoms with Crippen LogP contribution in [0.3, 0.4) is 0 Å². The zero-order chi connectivity index (χ0) is 13.6. The number of carbonyl (C=O) groups excluding carboxylic acids is 3. The molecule has 1 rings (SSSR count). The molecular formula is C13H20O5. The van der Waals surface area contributed by atoms with Crippen molar-refractivity contribution in [2.75, 3.05) is 13.2 Å². The first-order valence-electron chi connectivity index (χ1n) is 6.37. The molecule has 0 aromatic carbocycles. The summed E-state index contributed by atoms with van der Waals surface area (Å²) in [4.78, 5) is 34.8. The maximum Gasteiger partial charge on any atom is 0.319 e. The molecule has 1 saturated carbocycles. The summed E-state index contributed by atoms with van der Waals surface area (Å²) >= 11 is 0. The Morgan fingerprint density at radius 3 is 2.56 bits per heavy atom. The van der Waals surface area contributed by atoms with Gasteiger partial charge in [0.2, 0.25) is 0 Å². The first kappa shape index (κ1) is 14.7. The number of Topliss-reactive ketones (excluding diaryl/α,β-unsaturated/α-hetero) is 1. The summed E-state index contributed by atoms with van der Waals surface area (Å²) in [5, 5.41) is 0. The Labute approximate surface area is 107 Å². The Bertz CT molecular complexity index is 336.